The lowest BCUT2D eigenvalue weighted by Crippen LogP contribution is -2.48. The van der Waals surface area contributed by atoms with Crippen molar-refractivity contribution in [2.75, 3.05) is 25.0 Å². The number of nitrogens with zero attached hydrogens (tertiary/aromatic N) is 1. The van der Waals surface area contributed by atoms with Crippen LogP contribution in [0.4, 0.5) is 5.69 Å². The number of likely N-dealkylation sites (tertiary alicyclic amines) is 1. The third kappa shape index (κ3) is 3.61. The highest BCUT2D eigenvalue weighted by Gasteiger charge is 2.42. The summed E-state index contributed by atoms with van der Waals surface area (Å²) < 4.78 is 6.51. The van der Waals surface area contributed by atoms with Crippen LogP contribution in [0.1, 0.15) is 62.7 Å². The van der Waals surface area contributed by atoms with Crippen molar-refractivity contribution in [3.8, 4) is 0 Å². The fourth-order valence-corrected chi connectivity index (χ4v) is 6.02. The fraction of sp³-hybridized carbons (Fsp3) is 0.583. The Balaban J connectivity index is 1.47. The van der Waals surface area contributed by atoms with Crippen LogP contribution < -0.4 is 10.6 Å². The van der Waals surface area contributed by atoms with Crippen LogP contribution in [0, 0.1) is 5.92 Å². The molecule has 3 heterocycles. The molecule has 2 aromatic rings. The predicted molar refractivity (Wildman–Crippen MR) is 122 cm³/mol. The molecule has 5 rings (SSSR count). The lowest BCUT2D eigenvalue weighted by atomic mass is 9.74. The molecule has 3 aliphatic rings. The molecule has 1 saturated heterocycles. The van der Waals surface area contributed by atoms with Crippen LogP contribution in [-0.4, -0.2) is 29.7 Å². The van der Waals surface area contributed by atoms with Gasteiger partial charge in [-0.25, -0.2) is 0 Å². The van der Waals surface area contributed by atoms with Crippen LogP contribution >= 0.6 is 11.6 Å². The predicted octanol–water partition coefficient (Wildman–Crippen LogP) is 5.33. The van der Waals surface area contributed by atoms with Crippen LogP contribution in [-0.2, 0) is 12.1 Å². The first-order chi connectivity index (χ1) is 14.6. The number of hydrogen-bond acceptors (Lipinski definition) is 5. The van der Waals surface area contributed by atoms with E-state index < -0.39 is 0 Å². The minimum Gasteiger partial charge on any atom is -0.459 e. The van der Waals surface area contributed by atoms with Crippen molar-refractivity contribution in [2.24, 2.45) is 5.92 Å². The van der Waals surface area contributed by atoms with Crippen LogP contribution in [0.25, 0.3) is 11.0 Å². The van der Waals surface area contributed by atoms with E-state index in [1.807, 2.05) is 6.07 Å². The van der Waals surface area contributed by atoms with E-state index in [0.29, 0.717) is 12.5 Å². The Morgan fingerprint density at radius 2 is 1.97 bits per heavy atom. The average molecular weight is 430 g/mol. The Kier molecular flexibility index (Phi) is 5.46. The number of furan rings is 1. The number of piperidine rings is 1. The zero-order valence-electron chi connectivity index (χ0n) is 17.6. The standard InChI is InChI=1S/C24H32ClN3O2/c1-16-26-22-20(25)14-18-13-19(15-28-10-5-17(6-11-28)7-12-29)30-23(18)21(22)24(27-16)8-3-2-4-9-24/h13-14,17,26-27,29H,1-12,15H2. The molecule has 3 N–H and O–H groups in total. The largest absolute Gasteiger partial charge is 0.459 e. The summed E-state index contributed by atoms with van der Waals surface area (Å²) in [5, 5.41) is 18.0. The van der Waals surface area contributed by atoms with Crippen molar-refractivity contribution < 1.29 is 9.52 Å². The molecule has 5 nitrogen and oxygen atoms in total. The number of fused-ring (bicyclic) bond motifs is 4. The molecular weight excluding hydrogens is 398 g/mol. The smallest absolute Gasteiger partial charge is 0.142 e. The Morgan fingerprint density at radius 1 is 1.20 bits per heavy atom. The summed E-state index contributed by atoms with van der Waals surface area (Å²) >= 11 is 6.73. The van der Waals surface area contributed by atoms with Crippen molar-refractivity contribution >= 4 is 28.3 Å². The zero-order chi connectivity index (χ0) is 20.7. The van der Waals surface area contributed by atoms with Gasteiger partial charge in [0.25, 0.3) is 0 Å². The molecule has 6 heteroatoms. The molecule has 1 aromatic carbocycles. The highest BCUT2D eigenvalue weighted by molar-refractivity contribution is 6.34. The molecule has 2 fully saturated rings. The van der Waals surface area contributed by atoms with Gasteiger partial charge in [0.2, 0.25) is 0 Å². The van der Waals surface area contributed by atoms with Crippen LogP contribution in [0.3, 0.4) is 0 Å². The number of hydrogen-bond donors (Lipinski definition) is 3. The van der Waals surface area contributed by atoms with Crippen LogP contribution in [0.2, 0.25) is 5.02 Å². The maximum Gasteiger partial charge on any atom is 0.142 e. The molecule has 1 aliphatic carbocycles. The van der Waals surface area contributed by atoms with Crippen molar-refractivity contribution in [3.05, 3.63) is 40.9 Å². The van der Waals surface area contributed by atoms with Crippen LogP contribution in [0.15, 0.2) is 28.9 Å². The number of aliphatic hydroxyl groups excluding tert-OH is 1. The maximum absolute atomic E-state index is 9.19. The molecular formula is C24H32ClN3O2. The summed E-state index contributed by atoms with van der Waals surface area (Å²) in [6, 6.07) is 4.19. The minimum atomic E-state index is -0.142. The molecule has 1 aromatic heterocycles. The quantitative estimate of drug-likeness (QED) is 0.613. The van der Waals surface area contributed by atoms with E-state index in [2.05, 4.69) is 28.2 Å². The molecule has 0 unspecified atom stereocenters. The summed E-state index contributed by atoms with van der Waals surface area (Å²) in [5.74, 6) is 2.48. The molecule has 1 saturated carbocycles. The first kappa shape index (κ1) is 20.2. The normalized spacial score (nSPS) is 22.1. The van der Waals surface area contributed by atoms with Gasteiger partial charge in [-0.3, -0.25) is 4.90 Å². The SMILES string of the molecule is C=C1Nc2c(Cl)cc3cc(CN4CCC(CCO)CC4)oc3c2C2(CCCCC2)N1. The van der Waals surface area contributed by atoms with Crippen molar-refractivity contribution in [2.45, 2.75) is 63.5 Å². The second-order valence-electron chi connectivity index (χ2n) is 9.34. The third-order valence-electron chi connectivity index (χ3n) is 7.29. The van der Waals surface area contributed by atoms with E-state index >= 15 is 0 Å². The zero-order valence-corrected chi connectivity index (χ0v) is 18.4. The average Bonchev–Trinajstić information content (AvgIpc) is 3.12. The Labute approximate surface area is 183 Å². The first-order valence-corrected chi connectivity index (χ1v) is 11.8. The van der Waals surface area contributed by atoms with Gasteiger partial charge in [-0.2, -0.15) is 0 Å². The van der Waals surface area contributed by atoms with Gasteiger partial charge < -0.3 is 20.2 Å². The van der Waals surface area contributed by atoms with Gasteiger partial charge in [-0.05, 0) is 63.2 Å². The molecule has 162 valence electrons. The van der Waals surface area contributed by atoms with Crippen molar-refractivity contribution in [1.29, 1.82) is 0 Å². The number of halogens is 1. The molecule has 30 heavy (non-hydrogen) atoms. The summed E-state index contributed by atoms with van der Waals surface area (Å²) in [6.07, 6.45) is 9.06. The molecule has 0 atom stereocenters. The molecule has 0 amide bonds. The Bertz CT molecular complexity index is 940. The molecule has 2 aliphatic heterocycles. The molecule has 0 bridgehead atoms. The summed E-state index contributed by atoms with van der Waals surface area (Å²) in [6.45, 7) is 7.41. The van der Waals surface area contributed by atoms with Gasteiger partial charge in [0.1, 0.15) is 11.3 Å². The van der Waals surface area contributed by atoms with E-state index in [9.17, 15) is 5.11 Å². The van der Waals surface area contributed by atoms with Gasteiger partial charge in [-0.1, -0.05) is 37.4 Å². The topological polar surface area (TPSA) is 60.7 Å². The number of anilines is 1. The lowest BCUT2D eigenvalue weighted by molar-refractivity contribution is 0.146. The minimum absolute atomic E-state index is 0.142. The monoisotopic (exact) mass is 429 g/mol. The third-order valence-corrected chi connectivity index (χ3v) is 7.58. The fourth-order valence-electron chi connectivity index (χ4n) is 5.76. The molecule has 1 spiro atoms. The van der Waals surface area contributed by atoms with Crippen molar-refractivity contribution in [3.63, 3.8) is 0 Å². The Hall–Kier alpha value is -1.69. The van der Waals surface area contributed by atoms with E-state index in [0.717, 1.165) is 85.0 Å². The second-order valence-corrected chi connectivity index (χ2v) is 9.75. The Morgan fingerprint density at radius 3 is 2.70 bits per heavy atom. The van der Waals surface area contributed by atoms with E-state index in [1.165, 1.54) is 24.8 Å². The number of aliphatic hydroxyl groups is 1. The van der Waals surface area contributed by atoms with Crippen molar-refractivity contribution in [1.82, 2.24) is 10.2 Å². The van der Waals surface area contributed by atoms with Crippen LogP contribution in [0.5, 0.6) is 0 Å². The van der Waals surface area contributed by atoms with Gasteiger partial charge in [-0.15, -0.1) is 0 Å². The first-order valence-electron chi connectivity index (χ1n) is 11.4. The van der Waals surface area contributed by atoms with Gasteiger partial charge in [0, 0.05) is 17.6 Å². The number of rotatable bonds is 4. The summed E-state index contributed by atoms with van der Waals surface area (Å²) in [5.41, 5.74) is 2.97. The second kappa shape index (κ2) is 8.10. The number of nitrogens with one attached hydrogen (secondary N) is 2. The summed E-state index contributed by atoms with van der Waals surface area (Å²) in [7, 11) is 0. The molecule has 0 radical (unpaired) electrons. The highest BCUT2D eigenvalue weighted by atomic mass is 35.5. The number of benzene rings is 1. The van der Waals surface area contributed by atoms with Gasteiger partial charge >= 0.3 is 0 Å². The lowest BCUT2D eigenvalue weighted by Gasteiger charge is -2.44. The van der Waals surface area contributed by atoms with E-state index in [4.69, 9.17) is 16.0 Å². The van der Waals surface area contributed by atoms with E-state index in [1.54, 1.807) is 0 Å². The maximum atomic E-state index is 9.19. The van der Waals surface area contributed by atoms with E-state index in [-0.39, 0.29) is 5.54 Å². The summed E-state index contributed by atoms with van der Waals surface area (Å²) in [4.78, 5) is 2.47. The van der Waals surface area contributed by atoms with Gasteiger partial charge in [0.05, 0.1) is 28.6 Å². The van der Waals surface area contributed by atoms with Gasteiger partial charge in [0.15, 0.2) is 0 Å². The highest BCUT2D eigenvalue weighted by Crippen LogP contribution is 2.49.